The molecule has 6 nitrogen and oxygen atoms in total. The second kappa shape index (κ2) is 9.28. The van der Waals surface area contributed by atoms with Crippen molar-refractivity contribution in [2.75, 3.05) is 37.8 Å². The minimum atomic E-state index is 0.0148. The number of rotatable bonds is 9. The first-order chi connectivity index (χ1) is 10.1. The van der Waals surface area contributed by atoms with Crippen LogP contribution in [0.15, 0.2) is 12.1 Å². The Bertz CT molecular complexity index is 415. The molecule has 0 fully saturated rings. The molecule has 1 amide bonds. The second-order valence-electron chi connectivity index (χ2n) is 5.39. The zero-order valence-electron chi connectivity index (χ0n) is 13.5. The molecule has 0 spiro atoms. The molecule has 6 heteroatoms. The van der Waals surface area contributed by atoms with E-state index in [1.165, 1.54) is 0 Å². The van der Waals surface area contributed by atoms with Crippen LogP contribution in [0.1, 0.15) is 33.1 Å². The van der Waals surface area contributed by atoms with E-state index in [1.54, 1.807) is 6.07 Å². The molecule has 2 N–H and O–H groups in total. The number of nitrogens with zero attached hydrogens (tertiary/aromatic N) is 3. The van der Waals surface area contributed by atoms with Gasteiger partial charge in [0, 0.05) is 12.5 Å². The summed E-state index contributed by atoms with van der Waals surface area (Å²) in [6, 6.07) is 3.62. The fourth-order valence-corrected chi connectivity index (χ4v) is 1.99. The quantitative estimate of drug-likeness (QED) is 0.683. The highest BCUT2D eigenvalue weighted by atomic mass is 16.1. The van der Waals surface area contributed by atoms with Crippen LogP contribution in [0.25, 0.3) is 0 Å². The van der Waals surface area contributed by atoms with Gasteiger partial charge in [-0.2, -0.15) is 0 Å². The molecule has 0 bridgehead atoms. The van der Waals surface area contributed by atoms with Gasteiger partial charge in [0.25, 0.3) is 0 Å². The molecule has 0 saturated heterocycles. The maximum atomic E-state index is 11.9. The summed E-state index contributed by atoms with van der Waals surface area (Å²) in [5.74, 6) is 1.29. The Kier molecular flexibility index (Phi) is 7.68. The third-order valence-corrected chi connectivity index (χ3v) is 3.36. The van der Waals surface area contributed by atoms with Gasteiger partial charge in [0.2, 0.25) is 5.91 Å². The van der Waals surface area contributed by atoms with Gasteiger partial charge in [0.1, 0.15) is 5.82 Å². The van der Waals surface area contributed by atoms with Crippen molar-refractivity contribution in [3.63, 3.8) is 0 Å². The highest BCUT2D eigenvalue weighted by Crippen LogP contribution is 2.12. The average Bonchev–Trinajstić information content (AvgIpc) is 2.46. The van der Waals surface area contributed by atoms with E-state index in [9.17, 15) is 4.79 Å². The molecule has 0 aliphatic rings. The lowest BCUT2D eigenvalue weighted by Gasteiger charge is -2.12. The third-order valence-electron chi connectivity index (χ3n) is 3.36. The van der Waals surface area contributed by atoms with Crippen LogP contribution < -0.4 is 10.6 Å². The number of hydrogen-bond donors (Lipinski definition) is 2. The number of nitrogens with one attached hydrogen (secondary N) is 2. The van der Waals surface area contributed by atoms with Gasteiger partial charge in [0.05, 0.1) is 0 Å². The Balaban J connectivity index is 2.41. The molecule has 0 aliphatic heterocycles. The second-order valence-corrected chi connectivity index (χ2v) is 5.39. The topological polar surface area (TPSA) is 70.2 Å². The predicted octanol–water partition coefficient (Wildman–Crippen LogP) is 2.21. The van der Waals surface area contributed by atoms with Gasteiger partial charge in [-0.05, 0) is 52.0 Å². The molecule has 1 aromatic rings. The number of carbonyl (C=O) groups is 1. The van der Waals surface area contributed by atoms with Crippen molar-refractivity contribution >= 4 is 17.5 Å². The van der Waals surface area contributed by atoms with Crippen LogP contribution in [0.2, 0.25) is 0 Å². The zero-order chi connectivity index (χ0) is 15.7. The summed E-state index contributed by atoms with van der Waals surface area (Å²) in [5.41, 5.74) is 0. The van der Waals surface area contributed by atoms with Crippen LogP contribution in [0.5, 0.6) is 0 Å². The summed E-state index contributed by atoms with van der Waals surface area (Å²) in [5, 5.41) is 14.1. The Hall–Kier alpha value is -1.69. The Labute approximate surface area is 127 Å². The van der Waals surface area contributed by atoms with Crippen LogP contribution >= 0.6 is 0 Å². The molecule has 1 rings (SSSR count). The van der Waals surface area contributed by atoms with E-state index >= 15 is 0 Å². The van der Waals surface area contributed by atoms with Gasteiger partial charge in [0.15, 0.2) is 5.82 Å². The minimum Gasteiger partial charge on any atom is -0.369 e. The molecular weight excluding hydrogens is 266 g/mol. The first kappa shape index (κ1) is 17.4. The summed E-state index contributed by atoms with van der Waals surface area (Å²) < 4.78 is 0. The van der Waals surface area contributed by atoms with Crippen LogP contribution in [-0.4, -0.2) is 48.2 Å². The molecule has 0 unspecified atom stereocenters. The summed E-state index contributed by atoms with van der Waals surface area (Å²) in [6.07, 6.45) is 2.71. The van der Waals surface area contributed by atoms with Gasteiger partial charge in [-0.3, -0.25) is 4.79 Å². The highest BCUT2D eigenvalue weighted by Gasteiger charge is 2.14. The molecule has 0 radical (unpaired) electrons. The SMILES string of the molecule is CCC(CC)C(=O)Nc1ccc(NCCCN(C)C)nn1. The number of anilines is 2. The number of amides is 1. The smallest absolute Gasteiger partial charge is 0.228 e. The molecule has 1 heterocycles. The molecule has 0 atom stereocenters. The number of aromatic nitrogens is 2. The maximum absolute atomic E-state index is 11.9. The molecule has 1 aromatic heterocycles. The minimum absolute atomic E-state index is 0.0148. The summed E-state index contributed by atoms with van der Waals surface area (Å²) >= 11 is 0. The average molecular weight is 293 g/mol. The van der Waals surface area contributed by atoms with E-state index in [4.69, 9.17) is 0 Å². The molecule has 0 aliphatic carbocycles. The number of hydrogen-bond acceptors (Lipinski definition) is 5. The summed E-state index contributed by atoms with van der Waals surface area (Å²) in [4.78, 5) is 14.1. The van der Waals surface area contributed by atoms with Crippen molar-refractivity contribution in [1.29, 1.82) is 0 Å². The first-order valence-electron chi connectivity index (χ1n) is 7.60. The van der Waals surface area contributed by atoms with E-state index in [2.05, 4.69) is 39.8 Å². The van der Waals surface area contributed by atoms with E-state index in [0.29, 0.717) is 5.82 Å². The monoisotopic (exact) mass is 293 g/mol. The van der Waals surface area contributed by atoms with Crippen molar-refractivity contribution in [3.8, 4) is 0 Å². The molecule has 118 valence electrons. The van der Waals surface area contributed by atoms with Gasteiger partial charge in [-0.25, -0.2) is 0 Å². The van der Waals surface area contributed by atoms with Crippen LogP contribution in [0, 0.1) is 5.92 Å². The summed E-state index contributed by atoms with van der Waals surface area (Å²) in [6.45, 7) is 5.91. The Morgan fingerprint density at radius 2 is 1.81 bits per heavy atom. The fraction of sp³-hybridized carbons (Fsp3) is 0.667. The zero-order valence-corrected chi connectivity index (χ0v) is 13.5. The van der Waals surface area contributed by atoms with Crippen molar-refractivity contribution in [2.45, 2.75) is 33.1 Å². The van der Waals surface area contributed by atoms with Gasteiger partial charge < -0.3 is 15.5 Å². The van der Waals surface area contributed by atoms with E-state index < -0.39 is 0 Å². The van der Waals surface area contributed by atoms with Crippen molar-refractivity contribution in [3.05, 3.63) is 12.1 Å². The Morgan fingerprint density at radius 1 is 1.19 bits per heavy atom. The molecule has 0 saturated carbocycles. The lowest BCUT2D eigenvalue weighted by atomic mass is 10.0. The van der Waals surface area contributed by atoms with Crippen LogP contribution in [-0.2, 0) is 4.79 Å². The van der Waals surface area contributed by atoms with Crippen LogP contribution in [0.3, 0.4) is 0 Å². The van der Waals surface area contributed by atoms with Gasteiger partial charge in [-0.15, -0.1) is 10.2 Å². The van der Waals surface area contributed by atoms with Crippen molar-refractivity contribution < 1.29 is 4.79 Å². The number of carbonyl (C=O) groups excluding carboxylic acids is 1. The van der Waals surface area contributed by atoms with Crippen molar-refractivity contribution in [1.82, 2.24) is 15.1 Å². The summed E-state index contributed by atoms with van der Waals surface area (Å²) in [7, 11) is 4.11. The van der Waals surface area contributed by atoms with Gasteiger partial charge in [-0.1, -0.05) is 13.8 Å². The maximum Gasteiger partial charge on any atom is 0.228 e. The lowest BCUT2D eigenvalue weighted by Crippen LogP contribution is -2.22. The fourth-order valence-electron chi connectivity index (χ4n) is 1.99. The van der Waals surface area contributed by atoms with E-state index in [0.717, 1.165) is 38.2 Å². The van der Waals surface area contributed by atoms with Gasteiger partial charge >= 0.3 is 0 Å². The third kappa shape index (κ3) is 6.53. The van der Waals surface area contributed by atoms with E-state index in [1.807, 2.05) is 19.9 Å². The predicted molar refractivity (Wildman–Crippen MR) is 86.4 cm³/mol. The highest BCUT2D eigenvalue weighted by molar-refractivity contribution is 5.91. The molecule has 21 heavy (non-hydrogen) atoms. The first-order valence-corrected chi connectivity index (χ1v) is 7.60. The lowest BCUT2D eigenvalue weighted by molar-refractivity contribution is -0.120. The molecule has 0 aromatic carbocycles. The Morgan fingerprint density at radius 3 is 2.33 bits per heavy atom. The molecular formula is C15H27N5O. The standard InChI is InChI=1S/C15H27N5O/c1-5-12(6-2)15(21)17-14-9-8-13(18-19-14)16-10-7-11-20(3)4/h8-9,12H,5-7,10-11H2,1-4H3,(H,16,18)(H,17,19,21). The normalized spacial score (nSPS) is 11.0. The van der Waals surface area contributed by atoms with Crippen LogP contribution in [0.4, 0.5) is 11.6 Å². The van der Waals surface area contributed by atoms with Crippen molar-refractivity contribution in [2.24, 2.45) is 5.92 Å². The van der Waals surface area contributed by atoms with E-state index in [-0.39, 0.29) is 11.8 Å². The largest absolute Gasteiger partial charge is 0.369 e.